The molecule has 0 saturated heterocycles. The van der Waals surface area contributed by atoms with Crippen molar-refractivity contribution in [2.45, 2.75) is 32.9 Å². The largest absolute Gasteiger partial charge is 0.496 e. The Morgan fingerprint density at radius 3 is 2.75 bits per heavy atom. The van der Waals surface area contributed by atoms with E-state index in [4.69, 9.17) is 9.47 Å². The number of rotatable bonds is 6. The predicted molar refractivity (Wildman–Crippen MR) is 76.2 cm³/mol. The van der Waals surface area contributed by atoms with E-state index in [1.54, 1.807) is 26.3 Å². The number of aliphatic hydroxyl groups is 1. The van der Waals surface area contributed by atoms with Crippen LogP contribution in [0.5, 0.6) is 17.2 Å². The fourth-order valence-corrected chi connectivity index (χ4v) is 2.08. The van der Waals surface area contributed by atoms with Gasteiger partial charge < -0.3 is 14.6 Å². The molecular formula is C15H20N2O3. The number of aromatic nitrogens is 2. The molecule has 0 spiro atoms. The summed E-state index contributed by atoms with van der Waals surface area (Å²) in [6, 6.07) is 5.44. The van der Waals surface area contributed by atoms with Crippen LogP contribution in [0.1, 0.15) is 31.9 Å². The molecule has 0 radical (unpaired) electrons. The molecule has 108 valence electrons. The van der Waals surface area contributed by atoms with Crippen LogP contribution in [-0.2, 0) is 6.54 Å². The fourth-order valence-electron chi connectivity index (χ4n) is 2.08. The fraction of sp³-hybridized carbons (Fsp3) is 0.400. The Morgan fingerprint density at radius 2 is 2.10 bits per heavy atom. The van der Waals surface area contributed by atoms with Crippen molar-refractivity contribution < 1.29 is 14.6 Å². The zero-order chi connectivity index (χ0) is 14.5. The molecule has 0 aliphatic carbocycles. The molecule has 2 rings (SSSR count). The van der Waals surface area contributed by atoms with E-state index in [2.05, 4.69) is 12.0 Å². The van der Waals surface area contributed by atoms with Crippen LogP contribution >= 0.6 is 0 Å². The molecule has 0 amide bonds. The van der Waals surface area contributed by atoms with Crippen LogP contribution in [0.4, 0.5) is 0 Å². The average molecular weight is 276 g/mol. The number of ether oxygens (including phenoxy) is 2. The zero-order valence-electron chi connectivity index (χ0n) is 12.0. The molecule has 1 unspecified atom stereocenters. The SMILES string of the molecule is CCCn1cc(Oc2cccc(OC)c2C(C)O)cn1. The first kappa shape index (κ1) is 14.4. The van der Waals surface area contributed by atoms with E-state index in [1.807, 2.05) is 23.0 Å². The third-order valence-corrected chi connectivity index (χ3v) is 2.95. The molecule has 0 fully saturated rings. The van der Waals surface area contributed by atoms with Crippen molar-refractivity contribution in [2.24, 2.45) is 0 Å². The summed E-state index contributed by atoms with van der Waals surface area (Å²) in [5, 5.41) is 14.1. The van der Waals surface area contributed by atoms with Crippen molar-refractivity contribution in [1.82, 2.24) is 9.78 Å². The molecule has 2 aromatic rings. The molecule has 20 heavy (non-hydrogen) atoms. The average Bonchev–Trinajstić information content (AvgIpc) is 2.86. The molecule has 0 aliphatic heterocycles. The Bertz CT molecular complexity index is 564. The predicted octanol–water partition coefficient (Wildman–Crippen LogP) is 3.15. The lowest BCUT2D eigenvalue weighted by molar-refractivity contribution is 0.190. The van der Waals surface area contributed by atoms with E-state index in [0.29, 0.717) is 22.8 Å². The van der Waals surface area contributed by atoms with E-state index in [9.17, 15) is 5.11 Å². The summed E-state index contributed by atoms with van der Waals surface area (Å²) in [7, 11) is 1.57. The number of aryl methyl sites for hydroxylation is 1. The van der Waals surface area contributed by atoms with Crippen molar-refractivity contribution in [3.8, 4) is 17.2 Å². The number of nitrogens with zero attached hydrogens (tertiary/aromatic N) is 2. The van der Waals surface area contributed by atoms with Crippen molar-refractivity contribution in [3.63, 3.8) is 0 Å². The molecule has 1 heterocycles. The summed E-state index contributed by atoms with van der Waals surface area (Å²) in [4.78, 5) is 0. The first-order valence-corrected chi connectivity index (χ1v) is 6.71. The summed E-state index contributed by atoms with van der Waals surface area (Å²) < 4.78 is 12.9. The first-order chi connectivity index (χ1) is 9.65. The highest BCUT2D eigenvalue weighted by molar-refractivity contribution is 5.47. The summed E-state index contributed by atoms with van der Waals surface area (Å²) in [5.41, 5.74) is 0.637. The second kappa shape index (κ2) is 6.43. The number of aliphatic hydroxyl groups excluding tert-OH is 1. The van der Waals surface area contributed by atoms with Crippen LogP contribution in [0.2, 0.25) is 0 Å². The lowest BCUT2D eigenvalue weighted by atomic mass is 10.1. The van der Waals surface area contributed by atoms with Crippen LogP contribution in [0.25, 0.3) is 0 Å². The molecule has 1 atom stereocenters. The molecule has 0 saturated carbocycles. The van der Waals surface area contributed by atoms with E-state index in [0.717, 1.165) is 13.0 Å². The molecule has 0 bridgehead atoms. The normalized spacial score (nSPS) is 12.2. The zero-order valence-corrected chi connectivity index (χ0v) is 12.0. The number of benzene rings is 1. The van der Waals surface area contributed by atoms with E-state index in [1.165, 1.54) is 0 Å². The van der Waals surface area contributed by atoms with Crippen molar-refractivity contribution >= 4 is 0 Å². The topological polar surface area (TPSA) is 56.5 Å². The van der Waals surface area contributed by atoms with Gasteiger partial charge in [-0.3, -0.25) is 4.68 Å². The Morgan fingerprint density at radius 1 is 1.35 bits per heavy atom. The second-order valence-corrected chi connectivity index (χ2v) is 4.59. The molecule has 5 heteroatoms. The second-order valence-electron chi connectivity index (χ2n) is 4.59. The number of hydrogen-bond acceptors (Lipinski definition) is 4. The lowest BCUT2D eigenvalue weighted by Crippen LogP contribution is -2.00. The van der Waals surface area contributed by atoms with Crippen molar-refractivity contribution in [1.29, 1.82) is 0 Å². The van der Waals surface area contributed by atoms with Gasteiger partial charge in [0.1, 0.15) is 11.5 Å². The van der Waals surface area contributed by atoms with Gasteiger partial charge in [-0.25, -0.2) is 0 Å². The number of methoxy groups -OCH3 is 1. The van der Waals surface area contributed by atoms with Gasteiger partial charge in [-0.15, -0.1) is 0 Å². The summed E-state index contributed by atoms with van der Waals surface area (Å²) in [5.74, 6) is 1.84. The van der Waals surface area contributed by atoms with Crippen LogP contribution in [0.3, 0.4) is 0 Å². The van der Waals surface area contributed by atoms with E-state index < -0.39 is 6.10 Å². The minimum absolute atomic E-state index is 0.579. The van der Waals surface area contributed by atoms with Gasteiger partial charge in [0.2, 0.25) is 0 Å². The van der Waals surface area contributed by atoms with Crippen molar-refractivity contribution in [3.05, 3.63) is 36.2 Å². The summed E-state index contributed by atoms with van der Waals surface area (Å²) in [6.07, 6.45) is 3.85. The van der Waals surface area contributed by atoms with Gasteiger partial charge in [-0.2, -0.15) is 5.10 Å². The van der Waals surface area contributed by atoms with Crippen LogP contribution in [0, 0.1) is 0 Å². The first-order valence-electron chi connectivity index (χ1n) is 6.71. The van der Waals surface area contributed by atoms with E-state index >= 15 is 0 Å². The Kier molecular flexibility index (Phi) is 4.63. The van der Waals surface area contributed by atoms with Gasteiger partial charge in [0.05, 0.1) is 31.2 Å². The molecular weight excluding hydrogens is 256 g/mol. The minimum atomic E-state index is -0.674. The smallest absolute Gasteiger partial charge is 0.165 e. The highest BCUT2D eigenvalue weighted by atomic mass is 16.5. The van der Waals surface area contributed by atoms with Gasteiger partial charge >= 0.3 is 0 Å². The molecule has 1 aromatic carbocycles. The molecule has 1 N–H and O–H groups in total. The van der Waals surface area contributed by atoms with Gasteiger partial charge in [0.25, 0.3) is 0 Å². The standard InChI is InChI=1S/C15H20N2O3/c1-4-8-17-10-12(9-16-17)20-14-7-5-6-13(19-3)15(14)11(2)18/h5-7,9-11,18H,4,8H2,1-3H3. The highest BCUT2D eigenvalue weighted by Gasteiger charge is 2.16. The van der Waals surface area contributed by atoms with Crippen LogP contribution < -0.4 is 9.47 Å². The Labute approximate surface area is 118 Å². The minimum Gasteiger partial charge on any atom is -0.496 e. The van der Waals surface area contributed by atoms with Gasteiger partial charge in [0.15, 0.2) is 5.75 Å². The molecule has 0 aliphatic rings. The monoisotopic (exact) mass is 276 g/mol. The highest BCUT2D eigenvalue weighted by Crippen LogP contribution is 2.36. The van der Waals surface area contributed by atoms with Crippen LogP contribution in [-0.4, -0.2) is 22.0 Å². The van der Waals surface area contributed by atoms with Gasteiger partial charge in [0, 0.05) is 6.54 Å². The van der Waals surface area contributed by atoms with Crippen LogP contribution in [0.15, 0.2) is 30.6 Å². The Balaban J connectivity index is 2.27. The third-order valence-electron chi connectivity index (χ3n) is 2.95. The van der Waals surface area contributed by atoms with Crippen molar-refractivity contribution in [2.75, 3.05) is 7.11 Å². The van der Waals surface area contributed by atoms with E-state index in [-0.39, 0.29) is 0 Å². The molecule has 1 aromatic heterocycles. The summed E-state index contributed by atoms with van der Waals surface area (Å²) >= 11 is 0. The maximum Gasteiger partial charge on any atom is 0.165 e. The lowest BCUT2D eigenvalue weighted by Gasteiger charge is -2.15. The van der Waals surface area contributed by atoms with Gasteiger partial charge in [-0.1, -0.05) is 13.0 Å². The quantitative estimate of drug-likeness (QED) is 0.880. The summed E-state index contributed by atoms with van der Waals surface area (Å²) in [6.45, 7) is 4.63. The number of hydrogen-bond donors (Lipinski definition) is 1. The maximum absolute atomic E-state index is 9.90. The maximum atomic E-state index is 9.90. The Hall–Kier alpha value is -2.01. The third kappa shape index (κ3) is 3.11. The van der Waals surface area contributed by atoms with Gasteiger partial charge in [-0.05, 0) is 25.5 Å². The molecule has 5 nitrogen and oxygen atoms in total.